The van der Waals surface area contributed by atoms with E-state index in [9.17, 15) is 14.9 Å². The average Bonchev–Trinajstić information content (AvgIpc) is 3.16. The molecular formula is C20H14ClN5O5. The highest BCUT2D eigenvalue weighted by Gasteiger charge is 2.27. The lowest BCUT2D eigenvalue weighted by Crippen LogP contribution is -2.07. The Bertz CT molecular complexity index is 1310. The number of hydrogen-bond donors (Lipinski definition) is 0. The fraction of sp³-hybridized carbons (Fsp3) is 0.100. The third kappa shape index (κ3) is 4.01. The Balaban J connectivity index is 1.73. The maximum Gasteiger partial charge on any atom is 0.345 e. The summed E-state index contributed by atoms with van der Waals surface area (Å²) in [5.74, 6) is -0.942. The summed E-state index contributed by atoms with van der Waals surface area (Å²) in [6.07, 6.45) is 2.77. The van der Waals surface area contributed by atoms with E-state index in [1.54, 1.807) is 10.7 Å². The number of aromatic nitrogens is 4. The molecule has 11 heteroatoms. The van der Waals surface area contributed by atoms with Crippen molar-refractivity contribution >= 4 is 34.3 Å². The highest BCUT2D eigenvalue weighted by Crippen LogP contribution is 2.36. The number of nitro benzene ring substituents is 1. The van der Waals surface area contributed by atoms with Gasteiger partial charge in [0.2, 0.25) is 11.6 Å². The number of benzene rings is 2. The molecule has 0 amide bonds. The molecule has 2 aromatic heterocycles. The van der Waals surface area contributed by atoms with E-state index in [0.29, 0.717) is 22.6 Å². The zero-order valence-corrected chi connectivity index (χ0v) is 16.8. The Hall–Kier alpha value is -4.05. The van der Waals surface area contributed by atoms with Crippen LogP contribution in [0.1, 0.15) is 15.9 Å². The van der Waals surface area contributed by atoms with E-state index in [1.165, 1.54) is 30.7 Å². The van der Waals surface area contributed by atoms with Crippen molar-refractivity contribution in [2.75, 3.05) is 7.11 Å². The first-order valence-electron chi connectivity index (χ1n) is 8.92. The molecule has 0 aliphatic rings. The van der Waals surface area contributed by atoms with Crippen LogP contribution in [0.5, 0.6) is 11.6 Å². The quantitative estimate of drug-likeness (QED) is 0.251. The van der Waals surface area contributed by atoms with Crippen LogP contribution >= 0.6 is 11.6 Å². The summed E-state index contributed by atoms with van der Waals surface area (Å²) >= 11 is 6.04. The Morgan fingerprint density at radius 3 is 2.77 bits per heavy atom. The monoisotopic (exact) mass is 439 g/mol. The number of rotatable bonds is 6. The fourth-order valence-corrected chi connectivity index (χ4v) is 3.26. The van der Waals surface area contributed by atoms with Crippen molar-refractivity contribution in [2.24, 2.45) is 0 Å². The molecule has 0 aliphatic heterocycles. The van der Waals surface area contributed by atoms with Crippen molar-refractivity contribution in [1.82, 2.24) is 19.7 Å². The second kappa shape index (κ2) is 8.36. The molecule has 0 saturated carbocycles. The second-order valence-electron chi connectivity index (χ2n) is 6.35. The van der Waals surface area contributed by atoms with Crippen LogP contribution in [-0.4, -0.2) is 37.8 Å². The summed E-state index contributed by atoms with van der Waals surface area (Å²) in [5, 5.41) is 17.0. The molecule has 0 unspecified atom stereocenters. The minimum absolute atomic E-state index is 0.0625. The molecule has 0 atom stereocenters. The van der Waals surface area contributed by atoms with E-state index in [0.717, 1.165) is 12.7 Å². The van der Waals surface area contributed by atoms with Gasteiger partial charge >= 0.3 is 11.7 Å². The number of fused-ring (bicyclic) bond motifs is 1. The number of methoxy groups -OCH3 is 1. The Kier molecular flexibility index (Phi) is 5.46. The molecule has 0 aliphatic carbocycles. The summed E-state index contributed by atoms with van der Waals surface area (Å²) in [5.41, 5.74) is 0.635. The van der Waals surface area contributed by atoms with Crippen LogP contribution in [0.4, 0.5) is 5.69 Å². The van der Waals surface area contributed by atoms with Gasteiger partial charge in [0, 0.05) is 5.02 Å². The standard InChI is InChI=1S/C20H14ClN5O5/c1-30-20(27)14-6-3-7-16(17(14)26(28)29)31-19-15-9-24-25(18(15)22-11-23-19)10-12-4-2-5-13(21)8-12/h2-9,11H,10H2,1H3. The van der Waals surface area contributed by atoms with Crippen LogP contribution < -0.4 is 4.74 Å². The maximum atomic E-state index is 11.9. The second-order valence-corrected chi connectivity index (χ2v) is 6.79. The number of carbonyl (C=O) groups excluding carboxylic acids is 1. The van der Waals surface area contributed by atoms with Gasteiger partial charge in [-0.15, -0.1) is 0 Å². The van der Waals surface area contributed by atoms with Gasteiger partial charge in [0.05, 0.1) is 24.8 Å². The Morgan fingerprint density at radius 2 is 2.03 bits per heavy atom. The number of para-hydroxylation sites is 1. The molecule has 31 heavy (non-hydrogen) atoms. The summed E-state index contributed by atoms with van der Waals surface area (Å²) in [4.78, 5) is 31.2. The lowest BCUT2D eigenvalue weighted by Gasteiger charge is -2.09. The summed E-state index contributed by atoms with van der Waals surface area (Å²) in [7, 11) is 1.14. The molecular weight excluding hydrogens is 426 g/mol. The number of esters is 1. The minimum Gasteiger partial charge on any atom is -0.465 e. The molecule has 0 spiro atoms. The van der Waals surface area contributed by atoms with Gasteiger partial charge in [-0.3, -0.25) is 10.1 Å². The van der Waals surface area contributed by atoms with Gasteiger partial charge in [0.1, 0.15) is 17.3 Å². The van der Waals surface area contributed by atoms with E-state index in [1.807, 2.05) is 18.2 Å². The molecule has 0 N–H and O–H groups in total. The molecule has 4 aromatic rings. The van der Waals surface area contributed by atoms with E-state index in [2.05, 4.69) is 19.8 Å². The lowest BCUT2D eigenvalue weighted by molar-refractivity contribution is -0.386. The number of hydrogen-bond acceptors (Lipinski definition) is 8. The SMILES string of the molecule is COC(=O)c1cccc(Oc2ncnc3c2cnn3Cc2cccc(Cl)c2)c1[N+](=O)[O-]. The number of nitro groups is 1. The van der Waals surface area contributed by atoms with Gasteiger partial charge in [0.25, 0.3) is 0 Å². The number of carbonyl (C=O) groups is 1. The highest BCUT2D eigenvalue weighted by atomic mass is 35.5. The van der Waals surface area contributed by atoms with E-state index >= 15 is 0 Å². The molecule has 0 bridgehead atoms. The molecule has 156 valence electrons. The van der Waals surface area contributed by atoms with E-state index in [-0.39, 0.29) is 17.2 Å². The molecule has 0 radical (unpaired) electrons. The number of nitrogens with zero attached hydrogens (tertiary/aromatic N) is 5. The zero-order chi connectivity index (χ0) is 22.0. The lowest BCUT2D eigenvalue weighted by atomic mass is 10.1. The van der Waals surface area contributed by atoms with Gasteiger partial charge in [-0.05, 0) is 29.8 Å². The molecule has 2 aromatic carbocycles. The number of halogens is 1. The van der Waals surface area contributed by atoms with Crippen molar-refractivity contribution in [2.45, 2.75) is 6.54 Å². The fourth-order valence-electron chi connectivity index (χ4n) is 3.05. The first kappa shape index (κ1) is 20.2. The molecule has 2 heterocycles. The van der Waals surface area contributed by atoms with Crippen molar-refractivity contribution in [3.8, 4) is 11.6 Å². The van der Waals surface area contributed by atoms with Crippen LogP contribution in [0.15, 0.2) is 55.0 Å². The first-order valence-corrected chi connectivity index (χ1v) is 9.30. The highest BCUT2D eigenvalue weighted by molar-refractivity contribution is 6.30. The van der Waals surface area contributed by atoms with Gasteiger partial charge < -0.3 is 9.47 Å². The predicted octanol–water partition coefficient (Wildman–Crippen LogP) is 4.02. The molecule has 10 nitrogen and oxygen atoms in total. The van der Waals surface area contributed by atoms with Crippen molar-refractivity contribution in [3.63, 3.8) is 0 Å². The van der Waals surface area contributed by atoms with Crippen LogP contribution in [-0.2, 0) is 11.3 Å². The van der Waals surface area contributed by atoms with Crippen molar-refractivity contribution < 1.29 is 19.2 Å². The van der Waals surface area contributed by atoms with Gasteiger partial charge in [-0.2, -0.15) is 5.10 Å². The smallest absolute Gasteiger partial charge is 0.345 e. The largest absolute Gasteiger partial charge is 0.465 e. The maximum absolute atomic E-state index is 11.9. The van der Waals surface area contributed by atoms with E-state index in [4.69, 9.17) is 16.3 Å². The van der Waals surface area contributed by atoms with Crippen LogP contribution in [0, 0.1) is 10.1 Å². The van der Waals surface area contributed by atoms with Crippen LogP contribution in [0.25, 0.3) is 11.0 Å². The number of ether oxygens (including phenoxy) is 2. The average molecular weight is 440 g/mol. The van der Waals surface area contributed by atoms with Gasteiger partial charge in [-0.1, -0.05) is 29.8 Å². The Morgan fingerprint density at radius 1 is 1.23 bits per heavy atom. The van der Waals surface area contributed by atoms with Crippen molar-refractivity contribution in [1.29, 1.82) is 0 Å². The van der Waals surface area contributed by atoms with Crippen molar-refractivity contribution in [3.05, 3.63) is 81.3 Å². The normalized spacial score (nSPS) is 10.8. The third-order valence-corrected chi connectivity index (χ3v) is 4.65. The van der Waals surface area contributed by atoms with E-state index < -0.39 is 16.6 Å². The molecule has 4 rings (SSSR count). The predicted molar refractivity (Wildman–Crippen MR) is 110 cm³/mol. The summed E-state index contributed by atoms with van der Waals surface area (Å²) in [6.45, 7) is 0.401. The Labute approximate surface area is 180 Å². The minimum atomic E-state index is -0.848. The van der Waals surface area contributed by atoms with Gasteiger partial charge in [-0.25, -0.2) is 19.4 Å². The summed E-state index contributed by atoms with van der Waals surface area (Å²) < 4.78 is 12.0. The first-order chi connectivity index (χ1) is 15.0. The van der Waals surface area contributed by atoms with Gasteiger partial charge in [0.15, 0.2) is 5.65 Å². The topological polar surface area (TPSA) is 122 Å². The summed E-state index contributed by atoms with van der Waals surface area (Å²) in [6, 6.07) is 11.4. The molecule has 0 saturated heterocycles. The van der Waals surface area contributed by atoms with Crippen LogP contribution in [0.2, 0.25) is 5.02 Å². The van der Waals surface area contributed by atoms with Crippen LogP contribution in [0.3, 0.4) is 0 Å². The zero-order valence-electron chi connectivity index (χ0n) is 16.1. The third-order valence-electron chi connectivity index (χ3n) is 4.41. The molecule has 0 fully saturated rings.